The molecule has 1 aromatic carbocycles. The fraction of sp³-hybridized carbons (Fsp3) is 0.579. The number of hydrogen-bond donors (Lipinski definition) is 2. The van der Waals surface area contributed by atoms with Gasteiger partial charge in [-0.3, -0.25) is 34.0 Å². The topological polar surface area (TPSA) is 153 Å². The summed E-state index contributed by atoms with van der Waals surface area (Å²) in [5.41, 5.74) is 4.12. The van der Waals surface area contributed by atoms with Gasteiger partial charge in [0, 0.05) is 18.1 Å². The number of benzene rings is 1. The van der Waals surface area contributed by atoms with Gasteiger partial charge >= 0.3 is 17.9 Å². The summed E-state index contributed by atoms with van der Waals surface area (Å²) in [6.07, 6.45) is 5.77. The molecule has 2 amide bonds. The number of carbonyl (C=O) groups excluding carboxylic acids is 5. The lowest BCUT2D eigenvalue weighted by molar-refractivity contribution is -0.158. The van der Waals surface area contributed by atoms with Crippen LogP contribution < -0.4 is 10.7 Å². The van der Waals surface area contributed by atoms with Crippen molar-refractivity contribution >= 4 is 46.7 Å². The Balaban J connectivity index is 1.59. The van der Waals surface area contributed by atoms with Crippen LogP contribution in [0.15, 0.2) is 36.5 Å². The number of hydrazine groups is 1. The van der Waals surface area contributed by atoms with Gasteiger partial charge in [-0.2, -0.15) is 0 Å². The minimum Gasteiger partial charge on any atom is -0.460 e. The first-order valence-electron chi connectivity index (χ1n) is 17.3. The summed E-state index contributed by atoms with van der Waals surface area (Å²) in [4.78, 5) is 68.6. The Hall–Kier alpha value is -4.32. The van der Waals surface area contributed by atoms with Gasteiger partial charge < -0.3 is 19.5 Å². The van der Waals surface area contributed by atoms with Crippen LogP contribution in [-0.2, 0) is 38.2 Å². The van der Waals surface area contributed by atoms with Crippen molar-refractivity contribution in [1.29, 1.82) is 0 Å². The van der Waals surface area contributed by atoms with Gasteiger partial charge in [0.1, 0.15) is 29.4 Å². The van der Waals surface area contributed by atoms with E-state index in [0.29, 0.717) is 19.4 Å². The van der Waals surface area contributed by atoms with Crippen LogP contribution in [0.25, 0.3) is 17.0 Å². The third kappa shape index (κ3) is 12.5. The van der Waals surface area contributed by atoms with Gasteiger partial charge in [0.15, 0.2) is 0 Å². The maximum atomic E-state index is 13.3. The van der Waals surface area contributed by atoms with Gasteiger partial charge in [-0.25, -0.2) is 5.43 Å². The van der Waals surface area contributed by atoms with Gasteiger partial charge in [0.05, 0.1) is 24.3 Å². The van der Waals surface area contributed by atoms with Crippen molar-refractivity contribution in [3.63, 3.8) is 0 Å². The number of amides is 2. The second-order valence-electron chi connectivity index (χ2n) is 15.2. The lowest BCUT2D eigenvalue weighted by atomic mass is 9.91. The first-order chi connectivity index (χ1) is 23.2. The predicted molar refractivity (Wildman–Crippen MR) is 190 cm³/mol. The molecule has 274 valence electrons. The monoisotopic (exact) mass is 694 g/mol. The van der Waals surface area contributed by atoms with Crippen molar-refractivity contribution in [1.82, 2.24) is 20.7 Å². The van der Waals surface area contributed by atoms with E-state index in [4.69, 9.17) is 14.2 Å². The van der Waals surface area contributed by atoms with Crippen molar-refractivity contribution in [2.45, 2.75) is 124 Å². The van der Waals surface area contributed by atoms with Gasteiger partial charge in [0.2, 0.25) is 5.91 Å². The van der Waals surface area contributed by atoms with E-state index >= 15 is 0 Å². The summed E-state index contributed by atoms with van der Waals surface area (Å²) < 4.78 is 16.6. The third-order valence-electron chi connectivity index (χ3n) is 7.92. The fourth-order valence-corrected chi connectivity index (χ4v) is 5.43. The van der Waals surface area contributed by atoms with Crippen molar-refractivity contribution in [2.75, 3.05) is 6.54 Å². The maximum Gasteiger partial charge on any atom is 0.325 e. The first-order valence-corrected chi connectivity index (χ1v) is 17.3. The molecular formula is C38H54N4O8. The van der Waals surface area contributed by atoms with Crippen LogP contribution in [0, 0.1) is 11.8 Å². The quantitative estimate of drug-likeness (QED) is 0.212. The number of pyridine rings is 1. The largest absolute Gasteiger partial charge is 0.460 e. The number of nitrogens with one attached hydrogen (secondary N) is 2. The van der Waals surface area contributed by atoms with E-state index in [1.165, 1.54) is 5.01 Å². The van der Waals surface area contributed by atoms with Gasteiger partial charge in [-0.1, -0.05) is 32.1 Å². The first kappa shape index (κ1) is 40.1. The molecule has 3 rings (SSSR count). The Labute approximate surface area is 295 Å². The van der Waals surface area contributed by atoms with Crippen LogP contribution >= 0.6 is 0 Å². The van der Waals surface area contributed by atoms with E-state index in [2.05, 4.69) is 15.7 Å². The minimum absolute atomic E-state index is 0.0997. The van der Waals surface area contributed by atoms with Crippen molar-refractivity contribution < 1.29 is 38.2 Å². The molecule has 1 aliphatic heterocycles. The average molecular weight is 695 g/mol. The molecule has 0 radical (unpaired) electrons. The Morgan fingerprint density at radius 2 is 1.64 bits per heavy atom. The number of ether oxygens (including phenoxy) is 3. The number of rotatable bonds is 12. The highest BCUT2D eigenvalue weighted by molar-refractivity contribution is 5.90. The molecule has 1 aromatic heterocycles. The molecule has 12 heteroatoms. The Morgan fingerprint density at radius 1 is 0.980 bits per heavy atom. The molecule has 1 saturated heterocycles. The smallest absolute Gasteiger partial charge is 0.325 e. The lowest BCUT2D eigenvalue weighted by Gasteiger charge is -2.35. The van der Waals surface area contributed by atoms with Gasteiger partial charge in [-0.05, 0) is 103 Å². The molecule has 2 heterocycles. The van der Waals surface area contributed by atoms with Crippen LogP contribution in [0.3, 0.4) is 0 Å². The molecule has 1 aliphatic rings. The second kappa shape index (κ2) is 17.1. The summed E-state index contributed by atoms with van der Waals surface area (Å²) >= 11 is 0. The van der Waals surface area contributed by atoms with Crippen molar-refractivity contribution in [2.24, 2.45) is 11.8 Å². The standard InChI is InChI=1S/C38H54N4O8/c1-23(2)29(21-33(44)50-38(8,9)10)34(45)40-24(3)35(46)42-18-12-14-31(41-42)36(47)48-25(4)27-16-17-30-28(20-27)19-26(22-39-30)13-11-15-32(43)49-37(5,6)7/h11,13,16-17,19-20,22-25,29,31,41H,12,14-15,18,21H2,1-10H3,(H,40,45)/b13-11+/t24-,25+,29-,31-/m0/s1. The maximum absolute atomic E-state index is 13.3. The molecule has 0 saturated carbocycles. The van der Waals surface area contributed by atoms with E-state index < -0.39 is 59.1 Å². The number of fused-ring (bicyclic) bond motifs is 1. The normalized spacial score (nSPS) is 17.3. The molecule has 2 N–H and O–H groups in total. The highest BCUT2D eigenvalue weighted by Gasteiger charge is 2.34. The summed E-state index contributed by atoms with van der Waals surface area (Å²) in [6.45, 7) is 18.2. The summed E-state index contributed by atoms with van der Waals surface area (Å²) in [6, 6.07) is 5.92. The summed E-state index contributed by atoms with van der Waals surface area (Å²) in [5.74, 6) is -2.93. The number of aromatic nitrogens is 1. The van der Waals surface area contributed by atoms with Crippen LogP contribution in [0.2, 0.25) is 0 Å². The highest BCUT2D eigenvalue weighted by atomic mass is 16.6. The van der Waals surface area contributed by atoms with E-state index in [-0.39, 0.29) is 24.7 Å². The molecule has 1 fully saturated rings. The molecule has 12 nitrogen and oxygen atoms in total. The van der Waals surface area contributed by atoms with E-state index in [1.807, 2.05) is 65.0 Å². The second-order valence-corrected chi connectivity index (χ2v) is 15.2. The van der Waals surface area contributed by atoms with Crippen LogP contribution in [0.1, 0.15) is 112 Å². The summed E-state index contributed by atoms with van der Waals surface area (Å²) in [7, 11) is 0. The molecule has 0 unspecified atom stereocenters. The number of hydrogen-bond acceptors (Lipinski definition) is 10. The lowest BCUT2D eigenvalue weighted by Crippen LogP contribution is -2.59. The number of nitrogens with zero attached hydrogens (tertiary/aromatic N) is 2. The highest BCUT2D eigenvalue weighted by Crippen LogP contribution is 2.25. The van der Waals surface area contributed by atoms with Gasteiger partial charge in [0.25, 0.3) is 5.91 Å². The Bertz CT molecular complexity index is 1570. The number of esters is 3. The zero-order valence-electron chi connectivity index (χ0n) is 31.1. The molecular weight excluding hydrogens is 640 g/mol. The molecule has 50 heavy (non-hydrogen) atoms. The van der Waals surface area contributed by atoms with Crippen LogP contribution in [0.4, 0.5) is 0 Å². The third-order valence-corrected chi connectivity index (χ3v) is 7.92. The molecule has 4 atom stereocenters. The zero-order chi connectivity index (χ0) is 37.4. The average Bonchev–Trinajstić information content (AvgIpc) is 3.01. The molecule has 0 aliphatic carbocycles. The van der Waals surface area contributed by atoms with E-state index in [0.717, 1.165) is 22.0 Å². The molecule has 2 aromatic rings. The molecule has 0 bridgehead atoms. The Kier molecular flexibility index (Phi) is 13.7. The molecule has 0 spiro atoms. The zero-order valence-corrected chi connectivity index (χ0v) is 31.1. The predicted octanol–water partition coefficient (Wildman–Crippen LogP) is 5.59. The van der Waals surface area contributed by atoms with Crippen LogP contribution in [0.5, 0.6) is 0 Å². The SMILES string of the molecule is CC(C)[C@H](CC(=O)OC(C)(C)C)C(=O)N[C@@H](C)C(=O)N1CCC[C@@H](C(=O)O[C@H](C)c2ccc3ncc(/C=C/CC(=O)OC(C)(C)C)cc3c2)N1. The van der Waals surface area contributed by atoms with E-state index in [9.17, 15) is 24.0 Å². The van der Waals surface area contributed by atoms with Crippen molar-refractivity contribution in [3.05, 3.63) is 47.7 Å². The van der Waals surface area contributed by atoms with Gasteiger partial charge in [-0.15, -0.1) is 0 Å². The summed E-state index contributed by atoms with van der Waals surface area (Å²) in [5, 5.41) is 4.94. The fourth-order valence-electron chi connectivity index (χ4n) is 5.43. The number of carbonyl (C=O) groups is 5. The minimum atomic E-state index is -0.896. The van der Waals surface area contributed by atoms with E-state index in [1.54, 1.807) is 46.9 Å². The van der Waals surface area contributed by atoms with Crippen molar-refractivity contribution in [3.8, 4) is 0 Å². The van der Waals surface area contributed by atoms with Crippen LogP contribution in [-0.4, -0.2) is 69.5 Å². The Morgan fingerprint density at radius 3 is 2.28 bits per heavy atom.